The van der Waals surface area contributed by atoms with E-state index in [-0.39, 0.29) is 11.9 Å². The highest BCUT2D eigenvalue weighted by molar-refractivity contribution is 6.07. The molecular formula is C19H25N3O. The molecule has 1 aromatic carbocycles. The smallest absolute Gasteiger partial charge is 0.253 e. The standard InChI is InChI=1S/C19H25N3O/c1-22-12-15(14-8-4-5-9-18(14)22)19(23)21-17-11-10-16(17)20-13-6-2-3-7-13/h4-5,8-9,12-13,16-17,20H,2-3,6-7,10-11H2,1H3,(H,21,23)/t16-,17+/m0/s1. The van der Waals surface area contributed by atoms with Crippen molar-refractivity contribution in [3.8, 4) is 0 Å². The lowest BCUT2D eigenvalue weighted by molar-refractivity contribution is 0.0891. The van der Waals surface area contributed by atoms with E-state index in [1.165, 1.54) is 32.1 Å². The van der Waals surface area contributed by atoms with Gasteiger partial charge < -0.3 is 15.2 Å². The first-order valence-corrected chi connectivity index (χ1v) is 8.83. The molecule has 0 radical (unpaired) electrons. The molecule has 0 spiro atoms. The third-order valence-electron chi connectivity index (χ3n) is 5.54. The molecule has 122 valence electrons. The van der Waals surface area contributed by atoms with Crippen LogP contribution >= 0.6 is 0 Å². The third-order valence-corrected chi connectivity index (χ3v) is 5.54. The van der Waals surface area contributed by atoms with Crippen LogP contribution in [0.5, 0.6) is 0 Å². The largest absolute Gasteiger partial charge is 0.350 e. The number of para-hydroxylation sites is 1. The Labute approximate surface area is 137 Å². The number of nitrogens with one attached hydrogen (secondary N) is 2. The summed E-state index contributed by atoms with van der Waals surface area (Å²) in [5.41, 5.74) is 1.89. The predicted octanol–water partition coefficient (Wildman–Crippen LogP) is 2.97. The van der Waals surface area contributed by atoms with Crippen LogP contribution in [0.15, 0.2) is 30.5 Å². The predicted molar refractivity (Wildman–Crippen MR) is 92.6 cm³/mol. The molecule has 2 saturated carbocycles. The van der Waals surface area contributed by atoms with E-state index in [2.05, 4.69) is 16.7 Å². The Morgan fingerprint density at radius 2 is 1.83 bits per heavy atom. The second-order valence-corrected chi connectivity index (χ2v) is 7.08. The number of aromatic nitrogens is 1. The van der Waals surface area contributed by atoms with Gasteiger partial charge in [0, 0.05) is 42.3 Å². The summed E-state index contributed by atoms with van der Waals surface area (Å²) in [6.45, 7) is 0. The molecule has 23 heavy (non-hydrogen) atoms. The molecule has 1 aromatic heterocycles. The maximum atomic E-state index is 12.7. The Kier molecular flexibility index (Phi) is 3.85. The minimum absolute atomic E-state index is 0.0599. The monoisotopic (exact) mass is 311 g/mol. The maximum absolute atomic E-state index is 12.7. The van der Waals surface area contributed by atoms with Gasteiger partial charge in [0.1, 0.15) is 0 Å². The zero-order valence-corrected chi connectivity index (χ0v) is 13.7. The van der Waals surface area contributed by atoms with Gasteiger partial charge in [-0.15, -0.1) is 0 Å². The van der Waals surface area contributed by atoms with E-state index in [0.29, 0.717) is 12.1 Å². The van der Waals surface area contributed by atoms with Crippen LogP contribution in [-0.4, -0.2) is 28.6 Å². The minimum atomic E-state index is 0.0599. The number of hydrogen-bond acceptors (Lipinski definition) is 2. The number of amides is 1. The van der Waals surface area contributed by atoms with Gasteiger partial charge in [-0.25, -0.2) is 0 Å². The van der Waals surface area contributed by atoms with Gasteiger partial charge in [0.2, 0.25) is 0 Å². The molecule has 1 heterocycles. The summed E-state index contributed by atoms with van der Waals surface area (Å²) in [4.78, 5) is 12.7. The van der Waals surface area contributed by atoms with E-state index in [4.69, 9.17) is 0 Å². The van der Waals surface area contributed by atoms with Gasteiger partial charge in [0.05, 0.1) is 5.56 Å². The van der Waals surface area contributed by atoms with Gasteiger partial charge in [0.25, 0.3) is 5.91 Å². The van der Waals surface area contributed by atoms with Crippen LogP contribution in [-0.2, 0) is 7.05 Å². The van der Waals surface area contributed by atoms with Crippen molar-refractivity contribution >= 4 is 16.8 Å². The molecule has 2 N–H and O–H groups in total. The fourth-order valence-corrected chi connectivity index (χ4v) is 4.04. The van der Waals surface area contributed by atoms with Crippen LogP contribution in [0.1, 0.15) is 48.9 Å². The lowest BCUT2D eigenvalue weighted by Crippen LogP contribution is -2.58. The SMILES string of the molecule is Cn1cc(C(=O)N[C@@H]2CC[C@@H]2NC2CCCC2)c2ccccc21. The van der Waals surface area contributed by atoms with Crippen molar-refractivity contribution in [2.75, 3.05) is 0 Å². The molecule has 0 bridgehead atoms. The van der Waals surface area contributed by atoms with Crippen molar-refractivity contribution in [3.05, 3.63) is 36.0 Å². The lowest BCUT2D eigenvalue weighted by atomic mass is 9.85. The van der Waals surface area contributed by atoms with Gasteiger partial charge in [-0.1, -0.05) is 31.0 Å². The summed E-state index contributed by atoms with van der Waals surface area (Å²) in [5, 5.41) is 8.03. The number of carbonyl (C=O) groups is 1. The first-order valence-electron chi connectivity index (χ1n) is 8.83. The first-order chi connectivity index (χ1) is 11.2. The highest BCUT2D eigenvalue weighted by atomic mass is 16.1. The summed E-state index contributed by atoms with van der Waals surface area (Å²) in [6.07, 6.45) is 9.48. The molecule has 4 heteroatoms. The van der Waals surface area contributed by atoms with Gasteiger partial charge >= 0.3 is 0 Å². The maximum Gasteiger partial charge on any atom is 0.253 e. The zero-order valence-electron chi connectivity index (χ0n) is 13.7. The molecule has 2 aromatic rings. The molecule has 2 atom stereocenters. The van der Waals surface area contributed by atoms with Gasteiger partial charge in [0.15, 0.2) is 0 Å². The number of fused-ring (bicyclic) bond motifs is 1. The van der Waals surface area contributed by atoms with Crippen molar-refractivity contribution in [2.24, 2.45) is 7.05 Å². The second-order valence-electron chi connectivity index (χ2n) is 7.08. The average molecular weight is 311 g/mol. The molecular weight excluding hydrogens is 286 g/mol. The van der Waals surface area contributed by atoms with Gasteiger partial charge in [-0.2, -0.15) is 0 Å². The number of hydrogen-bond donors (Lipinski definition) is 2. The minimum Gasteiger partial charge on any atom is -0.350 e. The van der Waals surface area contributed by atoms with Gasteiger partial charge in [-0.3, -0.25) is 4.79 Å². The molecule has 2 aliphatic carbocycles. The summed E-state index contributed by atoms with van der Waals surface area (Å²) in [6, 6.07) is 9.49. The van der Waals surface area contributed by atoms with Crippen molar-refractivity contribution in [2.45, 2.75) is 56.7 Å². The van der Waals surface area contributed by atoms with Crippen LogP contribution in [0, 0.1) is 0 Å². The highest BCUT2D eigenvalue weighted by Crippen LogP contribution is 2.26. The Balaban J connectivity index is 1.44. The van der Waals surface area contributed by atoms with E-state index in [1.807, 2.05) is 36.0 Å². The Morgan fingerprint density at radius 1 is 1.09 bits per heavy atom. The third kappa shape index (κ3) is 2.76. The van der Waals surface area contributed by atoms with E-state index < -0.39 is 0 Å². The molecule has 4 rings (SSSR count). The van der Waals surface area contributed by atoms with Crippen molar-refractivity contribution in [3.63, 3.8) is 0 Å². The fourth-order valence-electron chi connectivity index (χ4n) is 4.04. The molecule has 2 fully saturated rings. The molecule has 0 saturated heterocycles. The highest BCUT2D eigenvalue weighted by Gasteiger charge is 2.34. The Bertz CT molecular complexity index is 714. The quantitative estimate of drug-likeness (QED) is 0.912. The first kappa shape index (κ1) is 14.8. The van der Waals surface area contributed by atoms with Gasteiger partial charge in [-0.05, 0) is 31.7 Å². The topological polar surface area (TPSA) is 46.1 Å². The fraction of sp³-hybridized carbons (Fsp3) is 0.526. The van der Waals surface area contributed by atoms with Crippen molar-refractivity contribution in [1.82, 2.24) is 15.2 Å². The van der Waals surface area contributed by atoms with Crippen molar-refractivity contribution < 1.29 is 4.79 Å². The number of rotatable bonds is 4. The summed E-state index contributed by atoms with van der Waals surface area (Å²) < 4.78 is 2.03. The molecule has 0 unspecified atom stereocenters. The normalized spacial score (nSPS) is 24.7. The zero-order chi connectivity index (χ0) is 15.8. The Hall–Kier alpha value is -1.81. The number of aryl methyl sites for hydroxylation is 1. The van der Waals surface area contributed by atoms with E-state index >= 15 is 0 Å². The van der Waals surface area contributed by atoms with Crippen molar-refractivity contribution in [1.29, 1.82) is 0 Å². The second kappa shape index (κ2) is 6.00. The molecule has 0 aliphatic heterocycles. The van der Waals surface area contributed by atoms with E-state index in [0.717, 1.165) is 22.9 Å². The van der Waals surface area contributed by atoms with Crippen LogP contribution in [0.4, 0.5) is 0 Å². The summed E-state index contributed by atoms with van der Waals surface area (Å²) in [5.74, 6) is 0.0599. The summed E-state index contributed by atoms with van der Waals surface area (Å²) in [7, 11) is 1.99. The summed E-state index contributed by atoms with van der Waals surface area (Å²) >= 11 is 0. The van der Waals surface area contributed by atoms with E-state index in [1.54, 1.807) is 0 Å². The lowest BCUT2D eigenvalue weighted by Gasteiger charge is -2.39. The number of nitrogens with zero attached hydrogens (tertiary/aromatic N) is 1. The number of benzene rings is 1. The number of carbonyl (C=O) groups excluding carboxylic acids is 1. The molecule has 4 nitrogen and oxygen atoms in total. The molecule has 2 aliphatic rings. The van der Waals surface area contributed by atoms with Crippen LogP contribution in [0.3, 0.4) is 0 Å². The van der Waals surface area contributed by atoms with Crippen LogP contribution in [0.2, 0.25) is 0 Å². The van der Waals surface area contributed by atoms with Crippen LogP contribution in [0.25, 0.3) is 10.9 Å². The van der Waals surface area contributed by atoms with Crippen LogP contribution < -0.4 is 10.6 Å². The Morgan fingerprint density at radius 3 is 2.57 bits per heavy atom. The van der Waals surface area contributed by atoms with E-state index in [9.17, 15) is 4.79 Å². The average Bonchev–Trinajstić information content (AvgIpc) is 3.18. The molecule has 1 amide bonds.